The summed E-state index contributed by atoms with van der Waals surface area (Å²) in [6.07, 6.45) is 1.47. The largest absolute Gasteiger partial charge is 0.345 e. The van der Waals surface area contributed by atoms with Gasteiger partial charge in [-0.05, 0) is 36.6 Å². The van der Waals surface area contributed by atoms with E-state index in [0.717, 1.165) is 9.99 Å². The number of thiophene rings is 1. The van der Waals surface area contributed by atoms with Crippen LogP contribution in [-0.4, -0.2) is 41.2 Å². The molecule has 0 unspecified atom stereocenters. The van der Waals surface area contributed by atoms with Gasteiger partial charge >= 0.3 is 10.2 Å². The van der Waals surface area contributed by atoms with E-state index < -0.39 is 16.1 Å². The molecule has 4 rings (SSSR count). The molecule has 0 saturated carbocycles. The second-order valence-electron chi connectivity index (χ2n) is 6.30. The lowest BCUT2D eigenvalue weighted by atomic mass is 10.2. The zero-order valence-electron chi connectivity index (χ0n) is 15.6. The van der Waals surface area contributed by atoms with Crippen molar-refractivity contribution in [2.45, 2.75) is 6.92 Å². The van der Waals surface area contributed by atoms with Gasteiger partial charge in [0.2, 0.25) is 0 Å². The number of anilines is 1. The summed E-state index contributed by atoms with van der Waals surface area (Å²) >= 11 is 1.35. The number of benzene rings is 1. The van der Waals surface area contributed by atoms with Crippen molar-refractivity contribution in [3.63, 3.8) is 0 Å². The van der Waals surface area contributed by atoms with Crippen molar-refractivity contribution in [2.75, 3.05) is 12.4 Å². The molecule has 29 heavy (non-hydrogen) atoms. The average molecular weight is 428 g/mol. The Bertz CT molecular complexity index is 1230. The Hall–Kier alpha value is -3.24. The third-order valence-electron chi connectivity index (χ3n) is 4.25. The zero-order valence-corrected chi connectivity index (χ0v) is 17.2. The van der Waals surface area contributed by atoms with Crippen LogP contribution in [0.3, 0.4) is 0 Å². The monoisotopic (exact) mass is 427 g/mol. The predicted molar refractivity (Wildman–Crippen MR) is 113 cm³/mol. The standard InChI is InChI=1S/C19H17N5O3S2/c1-13-11-18(24(21-13)14-7-4-3-5-8-14)20-19(25)16-12-15(17-9-6-10-28-17)22-29(26,27)23(16)2/h3-12H,1-2H3,(H,20,25). The molecule has 0 fully saturated rings. The van der Waals surface area contributed by atoms with E-state index in [1.54, 1.807) is 22.9 Å². The highest BCUT2D eigenvalue weighted by Gasteiger charge is 2.30. The maximum absolute atomic E-state index is 13.0. The van der Waals surface area contributed by atoms with Crippen LogP contribution in [0.4, 0.5) is 5.82 Å². The van der Waals surface area contributed by atoms with Gasteiger partial charge in [0.1, 0.15) is 11.5 Å². The third kappa shape index (κ3) is 3.71. The molecule has 0 spiro atoms. The smallest absolute Gasteiger partial charge is 0.305 e. The molecule has 2 aromatic heterocycles. The number of aromatic nitrogens is 2. The summed E-state index contributed by atoms with van der Waals surface area (Å²) in [5.41, 5.74) is 1.69. The molecule has 3 heterocycles. The quantitative estimate of drug-likeness (QED) is 0.692. The number of para-hydroxylation sites is 1. The van der Waals surface area contributed by atoms with Crippen LogP contribution in [0.2, 0.25) is 0 Å². The van der Waals surface area contributed by atoms with Crippen molar-refractivity contribution in [1.29, 1.82) is 0 Å². The van der Waals surface area contributed by atoms with Crippen LogP contribution >= 0.6 is 11.3 Å². The number of likely N-dealkylation sites (N-methyl/N-ethyl adjacent to an activating group) is 1. The number of hydrogen-bond donors (Lipinski definition) is 1. The molecule has 0 atom stereocenters. The average Bonchev–Trinajstić information content (AvgIpc) is 3.34. The van der Waals surface area contributed by atoms with Crippen molar-refractivity contribution < 1.29 is 13.2 Å². The van der Waals surface area contributed by atoms with E-state index in [-0.39, 0.29) is 11.4 Å². The minimum atomic E-state index is -4.00. The highest BCUT2D eigenvalue weighted by molar-refractivity contribution is 7.88. The summed E-state index contributed by atoms with van der Waals surface area (Å²) in [6.45, 7) is 1.81. The number of allylic oxidation sites excluding steroid dienone is 1. The minimum Gasteiger partial charge on any atom is -0.305 e. The Labute approximate surface area is 172 Å². The fourth-order valence-electron chi connectivity index (χ4n) is 2.84. The molecule has 0 aliphatic carbocycles. The first-order chi connectivity index (χ1) is 13.8. The van der Waals surface area contributed by atoms with Crippen molar-refractivity contribution in [2.24, 2.45) is 4.40 Å². The number of amides is 1. The first-order valence-corrected chi connectivity index (χ1v) is 10.9. The van der Waals surface area contributed by atoms with Crippen LogP contribution in [0.25, 0.3) is 5.69 Å². The van der Waals surface area contributed by atoms with Crippen LogP contribution < -0.4 is 5.32 Å². The second-order valence-corrected chi connectivity index (χ2v) is 8.87. The molecular formula is C19H17N5O3S2. The van der Waals surface area contributed by atoms with E-state index in [2.05, 4.69) is 14.8 Å². The van der Waals surface area contributed by atoms with Crippen LogP contribution in [0.1, 0.15) is 10.6 Å². The molecule has 1 aliphatic heterocycles. The maximum atomic E-state index is 13.0. The van der Waals surface area contributed by atoms with Gasteiger partial charge in [0.15, 0.2) is 0 Å². The van der Waals surface area contributed by atoms with E-state index >= 15 is 0 Å². The molecular weight excluding hydrogens is 410 g/mol. The Balaban J connectivity index is 1.69. The number of aryl methyl sites for hydroxylation is 1. The van der Waals surface area contributed by atoms with Gasteiger partial charge in [-0.3, -0.25) is 4.79 Å². The lowest BCUT2D eigenvalue weighted by molar-refractivity contribution is -0.113. The van der Waals surface area contributed by atoms with Gasteiger partial charge < -0.3 is 5.32 Å². The summed E-state index contributed by atoms with van der Waals surface area (Å²) in [4.78, 5) is 13.7. The van der Waals surface area contributed by atoms with Gasteiger partial charge in [-0.1, -0.05) is 24.3 Å². The van der Waals surface area contributed by atoms with E-state index in [0.29, 0.717) is 16.4 Å². The zero-order chi connectivity index (χ0) is 20.6. The van der Waals surface area contributed by atoms with Crippen LogP contribution in [0.15, 0.2) is 70.1 Å². The predicted octanol–water partition coefficient (Wildman–Crippen LogP) is 2.74. The van der Waals surface area contributed by atoms with Crippen molar-refractivity contribution in [3.05, 3.63) is 76.3 Å². The summed E-state index contributed by atoms with van der Waals surface area (Å²) in [6, 6.07) is 14.6. The van der Waals surface area contributed by atoms with Crippen molar-refractivity contribution >= 4 is 39.0 Å². The van der Waals surface area contributed by atoms with Crippen molar-refractivity contribution in [3.8, 4) is 5.69 Å². The topological polar surface area (TPSA) is 96.7 Å². The molecule has 3 aromatic rings. The van der Waals surface area contributed by atoms with E-state index in [4.69, 9.17) is 0 Å². The normalized spacial score (nSPS) is 15.6. The molecule has 0 bridgehead atoms. The van der Waals surface area contributed by atoms with Crippen LogP contribution in [0.5, 0.6) is 0 Å². The first-order valence-electron chi connectivity index (χ1n) is 8.63. The summed E-state index contributed by atoms with van der Waals surface area (Å²) in [7, 11) is -2.70. The van der Waals surface area contributed by atoms with Gasteiger partial charge in [0, 0.05) is 13.1 Å². The van der Waals surface area contributed by atoms with E-state index in [1.165, 1.54) is 24.5 Å². The second kappa shape index (κ2) is 7.30. The summed E-state index contributed by atoms with van der Waals surface area (Å²) in [5, 5.41) is 9.00. The molecule has 1 aliphatic rings. The fourth-order valence-corrected chi connectivity index (χ4v) is 4.49. The Morgan fingerprint density at radius 2 is 1.90 bits per heavy atom. The molecule has 1 amide bonds. The molecule has 0 radical (unpaired) electrons. The van der Waals surface area contributed by atoms with Gasteiger partial charge in [-0.15, -0.1) is 15.7 Å². The molecule has 0 saturated heterocycles. The molecule has 1 N–H and O–H groups in total. The molecule has 10 heteroatoms. The Kier molecular flexibility index (Phi) is 4.81. The summed E-state index contributed by atoms with van der Waals surface area (Å²) < 4.78 is 31.2. The van der Waals surface area contributed by atoms with E-state index in [9.17, 15) is 13.2 Å². The molecule has 1 aromatic carbocycles. The number of nitrogens with one attached hydrogen (secondary N) is 1. The van der Waals surface area contributed by atoms with Gasteiger partial charge in [-0.25, -0.2) is 8.99 Å². The summed E-state index contributed by atoms with van der Waals surface area (Å²) in [5.74, 6) is -0.136. The fraction of sp³-hybridized carbons (Fsp3) is 0.105. The number of carbonyl (C=O) groups is 1. The number of hydrogen-bond acceptors (Lipinski definition) is 5. The lowest BCUT2D eigenvalue weighted by Gasteiger charge is -2.23. The van der Waals surface area contributed by atoms with E-state index in [1.807, 2.05) is 42.6 Å². The van der Waals surface area contributed by atoms with Gasteiger partial charge in [-0.2, -0.15) is 13.5 Å². The van der Waals surface area contributed by atoms with Gasteiger partial charge in [0.05, 0.1) is 22.0 Å². The third-order valence-corrected chi connectivity index (χ3v) is 6.46. The maximum Gasteiger partial charge on any atom is 0.345 e. The molecule has 148 valence electrons. The van der Waals surface area contributed by atoms with Crippen LogP contribution in [-0.2, 0) is 15.0 Å². The van der Waals surface area contributed by atoms with Crippen LogP contribution in [0, 0.1) is 6.92 Å². The number of rotatable bonds is 4. The van der Waals surface area contributed by atoms with Crippen molar-refractivity contribution in [1.82, 2.24) is 14.1 Å². The highest BCUT2D eigenvalue weighted by Crippen LogP contribution is 2.24. The number of nitrogens with zero attached hydrogens (tertiary/aromatic N) is 4. The number of carbonyl (C=O) groups excluding carboxylic acids is 1. The first kappa shape index (κ1) is 19.1. The minimum absolute atomic E-state index is 0.0261. The SMILES string of the molecule is Cc1cc(NC(=O)C2=CC(c3cccs3)=NS(=O)(=O)N2C)n(-c2ccccc2)n1. The Morgan fingerprint density at radius 1 is 1.14 bits per heavy atom. The molecule has 8 nitrogen and oxygen atoms in total. The van der Waals surface area contributed by atoms with Gasteiger partial charge in [0.25, 0.3) is 5.91 Å². The lowest BCUT2D eigenvalue weighted by Crippen LogP contribution is -2.35. The highest BCUT2D eigenvalue weighted by atomic mass is 32.2. The Morgan fingerprint density at radius 3 is 2.59 bits per heavy atom.